The van der Waals surface area contributed by atoms with Gasteiger partial charge in [-0.3, -0.25) is 4.79 Å². The summed E-state index contributed by atoms with van der Waals surface area (Å²) in [6, 6.07) is 6.74. The molecule has 160 valence electrons. The summed E-state index contributed by atoms with van der Waals surface area (Å²) >= 11 is 0. The SMILES string of the molecule is C[C@H](NCC(=O)Nc1cccc(S(=O)(=O)N(C)C)c1)C12CC3CC(CC(C3)C1)C2. The lowest BCUT2D eigenvalue weighted by atomic mass is 9.48. The third kappa shape index (κ3) is 4.09. The summed E-state index contributed by atoms with van der Waals surface area (Å²) in [7, 11) is -0.528. The third-order valence-corrected chi connectivity index (χ3v) is 9.28. The maximum atomic E-state index is 12.5. The minimum absolute atomic E-state index is 0.138. The number of carbonyl (C=O) groups is 1. The van der Waals surface area contributed by atoms with Gasteiger partial charge < -0.3 is 10.6 Å². The van der Waals surface area contributed by atoms with Crippen molar-refractivity contribution in [1.82, 2.24) is 9.62 Å². The van der Waals surface area contributed by atoms with Crippen LogP contribution >= 0.6 is 0 Å². The Kier molecular flexibility index (Phi) is 5.51. The molecule has 0 spiro atoms. The van der Waals surface area contributed by atoms with Crippen LogP contribution in [0.5, 0.6) is 0 Å². The first-order valence-electron chi connectivity index (χ1n) is 10.7. The number of nitrogens with zero attached hydrogens (tertiary/aromatic N) is 1. The van der Waals surface area contributed by atoms with Gasteiger partial charge in [0.25, 0.3) is 0 Å². The fourth-order valence-electron chi connectivity index (χ4n) is 6.32. The van der Waals surface area contributed by atoms with Crippen LogP contribution in [0.25, 0.3) is 0 Å². The zero-order valence-corrected chi connectivity index (χ0v) is 18.5. The molecular weight excluding hydrogens is 386 g/mol. The van der Waals surface area contributed by atoms with E-state index in [0.717, 1.165) is 17.8 Å². The molecule has 0 unspecified atom stereocenters. The highest BCUT2D eigenvalue weighted by molar-refractivity contribution is 7.89. The van der Waals surface area contributed by atoms with Gasteiger partial charge in [-0.2, -0.15) is 0 Å². The lowest BCUT2D eigenvalue weighted by molar-refractivity contribution is -0.116. The normalized spacial score (nSPS) is 31.8. The quantitative estimate of drug-likeness (QED) is 0.712. The van der Waals surface area contributed by atoms with E-state index < -0.39 is 10.0 Å². The summed E-state index contributed by atoms with van der Waals surface area (Å²) < 4.78 is 25.8. The summed E-state index contributed by atoms with van der Waals surface area (Å²) in [5.74, 6) is 2.53. The molecule has 5 rings (SSSR count). The second-order valence-electron chi connectivity index (χ2n) is 9.75. The van der Waals surface area contributed by atoms with Gasteiger partial charge >= 0.3 is 0 Å². The molecule has 1 atom stereocenters. The molecule has 0 aromatic heterocycles. The Bertz CT molecular complexity index is 846. The lowest BCUT2D eigenvalue weighted by Gasteiger charge is -2.59. The molecule has 0 saturated heterocycles. The molecular formula is C22H33N3O3S. The monoisotopic (exact) mass is 419 g/mol. The van der Waals surface area contributed by atoms with Gasteiger partial charge in [0.15, 0.2) is 0 Å². The number of nitrogens with one attached hydrogen (secondary N) is 2. The molecule has 4 aliphatic rings. The largest absolute Gasteiger partial charge is 0.325 e. The van der Waals surface area contributed by atoms with Crippen LogP contribution in [0.3, 0.4) is 0 Å². The maximum Gasteiger partial charge on any atom is 0.242 e. The molecule has 1 aromatic carbocycles. The number of carbonyl (C=O) groups excluding carboxylic acids is 1. The van der Waals surface area contributed by atoms with Crippen molar-refractivity contribution in [3.05, 3.63) is 24.3 Å². The van der Waals surface area contributed by atoms with Crippen molar-refractivity contribution in [3.8, 4) is 0 Å². The van der Waals surface area contributed by atoms with E-state index in [-0.39, 0.29) is 17.3 Å². The van der Waals surface area contributed by atoms with Crippen molar-refractivity contribution in [3.63, 3.8) is 0 Å². The van der Waals surface area contributed by atoms with E-state index in [1.165, 1.54) is 63.0 Å². The lowest BCUT2D eigenvalue weighted by Crippen LogP contribution is -2.55. The number of hydrogen-bond donors (Lipinski definition) is 2. The van der Waals surface area contributed by atoms with E-state index >= 15 is 0 Å². The number of benzene rings is 1. The van der Waals surface area contributed by atoms with Crippen LogP contribution in [0.2, 0.25) is 0 Å². The van der Waals surface area contributed by atoms with E-state index in [4.69, 9.17) is 0 Å². The molecule has 29 heavy (non-hydrogen) atoms. The molecule has 0 aliphatic heterocycles. The van der Waals surface area contributed by atoms with Crippen molar-refractivity contribution in [2.24, 2.45) is 23.2 Å². The highest BCUT2D eigenvalue weighted by Gasteiger charge is 2.52. The van der Waals surface area contributed by atoms with Crippen molar-refractivity contribution >= 4 is 21.6 Å². The predicted octanol–water partition coefficient (Wildman–Crippen LogP) is 3.07. The number of anilines is 1. The van der Waals surface area contributed by atoms with Gasteiger partial charge in [-0.05, 0) is 86.8 Å². The Morgan fingerprint density at radius 2 is 1.72 bits per heavy atom. The molecule has 4 bridgehead atoms. The van der Waals surface area contributed by atoms with Gasteiger partial charge in [0.05, 0.1) is 11.4 Å². The molecule has 0 radical (unpaired) electrons. The molecule has 4 saturated carbocycles. The van der Waals surface area contributed by atoms with Crippen LogP contribution < -0.4 is 10.6 Å². The topological polar surface area (TPSA) is 78.5 Å². The molecule has 4 fully saturated rings. The Hall–Kier alpha value is -1.44. The highest BCUT2D eigenvalue weighted by Crippen LogP contribution is 2.61. The second-order valence-corrected chi connectivity index (χ2v) is 11.9. The zero-order chi connectivity index (χ0) is 20.8. The molecule has 1 amide bonds. The first-order chi connectivity index (χ1) is 13.7. The van der Waals surface area contributed by atoms with E-state index in [1.807, 2.05) is 0 Å². The Morgan fingerprint density at radius 3 is 2.28 bits per heavy atom. The average Bonchev–Trinajstić information content (AvgIpc) is 2.65. The van der Waals surface area contributed by atoms with Gasteiger partial charge in [-0.25, -0.2) is 12.7 Å². The van der Waals surface area contributed by atoms with Crippen molar-refractivity contribution < 1.29 is 13.2 Å². The maximum absolute atomic E-state index is 12.5. The highest BCUT2D eigenvalue weighted by atomic mass is 32.2. The number of rotatable bonds is 7. The third-order valence-electron chi connectivity index (χ3n) is 7.47. The zero-order valence-electron chi connectivity index (χ0n) is 17.6. The Morgan fingerprint density at radius 1 is 1.14 bits per heavy atom. The summed E-state index contributed by atoms with van der Waals surface area (Å²) in [5.41, 5.74) is 0.858. The van der Waals surface area contributed by atoms with E-state index in [1.54, 1.807) is 18.2 Å². The van der Waals surface area contributed by atoms with E-state index in [0.29, 0.717) is 17.1 Å². The van der Waals surface area contributed by atoms with Crippen LogP contribution in [0.15, 0.2) is 29.2 Å². The summed E-state index contributed by atoms with van der Waals surface area (Å²) in [4.78, 5) is 12.7. The summed E-state index contributed by atoms with van der Waals surface area (Å²) in [6.45, 7) is 2.48. The molecule has 6 nitrogen and oxygen atoms in total. The second kappa shape index (κ2) is 7.67. The van der Waals surface area contributed by atoms with Gasteiger partial charge in [0.1, 0.15) is 0 Å². The smallest absolute Gasteiger partial charge is 0.242 e. The van der Waals surface area contributed by atoms with Crippen LogP contribution in [0.1, 0.15) is 45.4 Å². The number of amides is 1. The van der Waals surface area contributed by atoms with E-state index in [2.05, 4.69) is 17.6 Å². The van der Waals surface area contributed by atoms with Crippen LogP contribution in [0.4, 0.5) is 5.69 Å². The Balaban J connectivity index is 1.35. The molecule has 4 aliphatic carbocycles. The summed E-state index contributed by atoms with van der Waals surface area (Å²) in [6.07, 6.45) is 8.16. The van der Waals surface area contributed by atoms with Crippen molar-refractivity contribution in [2.45, 2.75) is 56.4 Å². The van der Waals surface area contributed by atoms with Gasteiger partial charge in [-0.15, -0.1) is 0 Å². The fourth-order valence-corrected chi connectivity index (χ4v) is 7.27. The predicted molar refractivity (Wildman–Crippen MR) is 114 cm³/mol. The van der Waals surface area contributed by atoms with Gasteiger partial charge in [-0.1, -0.05) is 6.07 Å². The molecule has 2 N–H and O–H groups in total. The number of hydrogen-bond acceptors (Lipinski definition) is 4. The van der Waals surface area contributed by atoms with Crippen molar-refractivity contribution in [2.75, 3.05) is 26.0 Å². The van der Waals surface area contributed by atoms with E-state index in [9.17, 15) is 13.2 Å². The summed E-state index contributed by atoms with van der Waals surface area (Å²) in [5, 5.41) is 6.32. The van der Waals surface area contributed by atoms with Crippen LogP contribution in [-0.2, 0) is 14.8 Å². The fraction of sp³-hybridized carbons (Fsp3) is 0.682. The Labute approximate surface area is 174 Å². The first-order valence-corrected chi connectivity index (χ1v) is 12.2. The molecule has 0 heterocycles. The minimum atomic E-state index is -3.52. The van der Waals surface area contributed by atoms with Crippen LogP contribution in [0, 0.1) is 23.2 Å². The minimum Gasteiger partial charge on any atom is -0.325 e. The first kappa shape index (κ1) is 20.8. The molecule has 1 aromatic rings. The standard InChI is InChI=1S/C22H33N3O3S/c1-15(22-11-16-7-17(12-22)9-18(8-16)13-22)23-14-21(26)24-19-5-4-6-20(10-19)29(27,28)25(2)3/h4-6,10,15-18,23H,7-9,11-14H2,1-3H3,(H,24,26)/t15-,16?,17?,18?,22?/m0/s1. The van der Waals surface area contributed by atoms with Crippen molar-refractivity contribution in [1.29, 1.82) is 0 Å². The van der Waals surface area contributed by atoms with Gasteiger partial charge in [0, 0.05) is 25.8 Å². The van der Waals surface area contributed by atoms with Crippen LogP contribution in [-0.4, -0.2) is 45.3 Å². The number of sulfonamides is 1. The molecule has 7 heteroatoms. The van der Waals surface area contributed by atoms with Gasteiger partial charge in [0.2, 0.25) is 15.9 Å². The average molecular weight is 420 g/mol.